The van der Waals surface area contributed by atoms with Crippen LogP contribution >= 0.6 is 15.9 Å². The lowest BCUT2D eigenvalue weighted by atomic mass is 10.1. The Morgan fingerprint density at radius 2 is 1.96 bits per heavy atom. The highest BCUT2D eigenvalue weighted by atomic mass is 79.9. The molecule has 2 aromatic heterocycles. The highest BCUT2D eigenvalue weighted by Crippen LogP contribution is 2.28. The Bertz CT molecular complexity index is 950. The number of carbonyl (C=O) groups is 1. The van der Waals surface area contributed by atoms with Gasteiger partial charge in [0.2, 0.25) is 0 Å². The minimum atomic E-state index is -0.600. The molecule has 1 N–H and O–H groups in total. The van der Waals surface area contributed by atoms with Crippen LogP contribution in [0, 0.1) is 0 Å². The monoisotopic (exact) mass is 431 g/mol. The lowest BCUT2D eigenvalue weighted by molar-refractivity contribution is -0.155. The van der Waals surface area contributed by atoms with Crippen molar-refractivity contribution in [2.24, 2.45) is 7.05 Å². The third kappa shape index (κ3) is 4.63. The Kier molecular flexibility index (Phi) is 5.46. The zero-order valence-corrected chi connectivity index (χ0v) is 17.3. The third-order valence-corrected chi connectivity index (χ3v) is 4.42. The minimum absolute atomic E-state index is 0.335. The van der Waals surface area contributed by atoms with Crippen LogP contribution in [0.2, 0.25) is 0 Å². The number of nitrogens with zero attached hydrogens (tertiary/aromatic N) is 4. The molecule has 3 rings (SSSR count). The number of carbonyl (C=O) groups excluding carboxylic acids is 1. The van der Waals surface area contributed by atoms with Crippen molar-refractivity contribution in [3.05, 3.63) is 46.8 Å². The molecule has 0 saturated carbocycles. The van der Waals surface area contributed by atoms with Gasteiger partial charge in [-0.05, 0) is 42.3 Å². The van der Waals surface area contributed by atoms with Crippen molar-refractivity contribution in [3.8, 4) is 0 Å². The number of nitrogens with one attached hydrogen (secondary N) is 1. The van der Waals surface area contributed by atoms with E-state index in [4.69, 9.17) is 4.74 Å². The van der Waals surface area contributed by atoms with E-state index in [1.165, 1.54) is 6.33 Å². The number of aryl methyl sites for hydroxylation is 1. The summed E-state index contributed by atoms with van der Waals surface area (Å²) in [5.74, 6) is 0.199. The minimum Gasteiger partial charge on any atom is -0.458 e. The lowest BCUT2D eigenvalue weighted by Crippen LogP contribution is -2.38. The van der Waals surface area contributed by atoms with Crippen LogP contribution in [0.4, 0.5) is 5.82 Å². The molecule has 7 nitrogen and oxygen atoms in total. The molecule has 142 valence electrons. The van der Waals surface area contributed by atoms with Gasteiger partial charge in [0.05, 0.1) is 5.39 Å². The summed E-state index contributed by atoms with van der Waals surface area (Å²) in [5.41, 5.74) is 1.11. The number of anilines is 1. The molecule has 27 heavy (non-hydrogen) atoms. The molecule has 1 unspecified atom stereocenters. The molecule has 0 spiro atoms. The molecular formula is C19H22BrN5O2. The van der Waals surface area contributed by atoms with E-state index in [1.807, 2.05) is 51.1 Å². The van der Waals surface area contributed by atoms with Crippen molar-refractivity contribution in [2.75, 3.05) is 5.32 Å². The molecule has 0 aliphatic rings. The Morgan fingerprint density at radius 1 is 1.26 bits per heavy atom. The summed E-state index contributed by atoms with van der Waals surface area (Å²) in [5, 5.41) is 8.28. The molecule has 1 aromatic carbocycles. The molecule has 3 aromatic rings. The number of esters is 1. The molecule has 0 amide bonds. The summed E-state index contributed by atoms with van der Waals surface area (Å²) in [6, 6.07) is 9.20. The average Bonchev–Trinajstić information content (AvgIpc) is 2.89. The third-order valence-electron chi connectivity index (χ3n) is 3.86. The highest BCUT2D eigenvalue weighted by Gasteiger charge is 2.27. The van der Waals surface area contributed by atoms with Crippen LogP contribution < -0.4 is 5.32 Å². The fourth-order valence-corrected chi connectivity index (χ4v) is 3.33. The van der Waals surface area contributed by atoms with Crippen LogP contribution in [0.1, 0.15) is 26.3 Å². The summed E-state index contributed by atoms with van der Waals surface area (Å²) in [6.07, 6.45) is 1.92. The molecule has 0 radical (unpaired) electrons. The van der Waals surface area contributed by atoms with E-state index in [9.17, 15) is 4.79 Å². The molecule has 0 aliphatic carbocycles. The van der Waals surface area contributed by atoms with Gasteiger partial charge in [0.15, 0.2) is 5.65 Å². The summed E-state index contributed by atoms with van der Waals surface area (Å²) in [7, 11) is 1.80. The highest BCUT2D eigenvalue weighted by molar-refractivity contribution is 9.10. The number of fused-ring (bicyclic) bond motifs is 1. The lowest BCUT2D eigenvalue weighted by Gasteiger charge is -2.25. The standard InChI is InChI=1S/C19H22BrN5O2/c1-19(2,3)27-18(26)13(10-12-8-6-5-7-9-12)23-16-14-15(20)24-25(4)17(14)22-11-21-16/h5-9,11,13H,10H2,1-4H3,(H,21,22,23). The Labute approximate surface area is 166 Å². The molecule has 8 heteroatoms. The Morgan fingerprint density at radius 3 is 2.63 bits per heavy atom. The first-order chi connectivity index (χ1) is 12.7. The molecule has 0 saturated heterocycles. The smallest absolute Gasteiger partial charge is 0.329 e. The predicted octanol–water partition coefficient (Wildman–Crippen LogP) is 3.49. The van der Waals surface area contributed by atoms with E-state index >= 15 is 0 Å². The van der Waals surface area contributed by atoms with Gasteiger partial charge in [-0.1, -0.05) is 30.3 Å². The number of halogens is 1. The SMILES string of the molecule is Cn1nc(Br)c2c(NC(Cc3ccccc3)C(=O)OC(C)(C)C)ncnc21. The summed E-state index contributed by atoms with van der Waals surface area (Å²) >= 11 is 3.44. The molecule has 0 fully saturated rings. The first-order valence-corrected chi connectivity index (χ1v) is 9.40. The summed E-state index contributed by atoms with van der Waals surface area (Å²) in [6.45, 7) is 5.56. The predicted molar refractivity (Wildman–Crippen MR) is 107 cm³/mol. The van der Waals surface area contributed by atoms with Gasteiger partial charge in [-0.2, -0.15) is 5.10 Å². The van der Waals surface area contributed by atoms with E-state index in [0.717, 1.165) is 10.9 Å². The second kappa shape index (κ2) is 7.64. The number of rotatable bonds is 5. The largest absolute Gasteiger partial charge is 0.458 e. The number of benzene rings is 1. The van der Waals surface area contributed by atoms with Crippen molar-refractivity contribution < 1.29 is 9.53 Å². The van der Waals surface area contributed by atoms with Gasteiger partial charge in [-0.25, -0.2) is 19.4 Å². The summed E-state index contributed by atoms with van der Waals surface area (Å²) < 4.78 is 7.89. The first kappa shape index (κ1) is 19.3. The number of ether oxygens (including phenoxy) is 1. The van der Waals surface area contributed by atoms with Gasteiger partial charge in [-0.3, -0.25) is 0 Å². The van der Waals surface area contributed by atoms with E-state index in [2.05, 4.69) is 36.3 Å². The van der Waals surface area contributed by atoms with Gasteiger partial charge < -0.3 is 10.1 Å². The second-order valence-corrected chi connectivity index (χ2v) is 8.01. The van der Waals surface area contributed by atoms with Crippen molar-refractivity contribution >= 4 is 38.8 Å². The van der Waals surface area contributed by atoms with Crippen LogP contribution in [0.3, 0.4) is 0 Å². The van der Waals surface area contributed by atoms with Gasteiger partial charge in [0.1, 0.15) is 28.4 Å². The van der Waals surface area contributed by atoms with Crippen molar-refractivity contribution in [2.45, 2.75) is 38.8 Å². The Hall–Kier alpha value is -2.48. The zero-order chi connectivity index (χ0) is 19.6. The van der Waals surface area contributed by atoms with Crippen molar-refractivity contribution in [1.82, 2.24) is 19.7 Å². The number of hydrogen-bond donors (Lipinski definition) is 1. The van der Waals surface area contributed by atoms with Crippen molar-refractivity contribution in [1.29, 1.82) is 0 Å². The molecule has 0 aliphatic heterocycles. The molecular weight excluding hydrogens is 410 g/mol. The first-order valence-electron chi connectivity index (χ1n) is 8.61. The van der Waals surface area contributed by atoms with Crippen LogP contribution in [0.25, 0.3) is 11.0 Å². The molecule has 1 atom stereocenters. The van der Waals surface area contributed by atoms with E-state index in [-0.39, 0.29) is 5.97 Å². The van der Waals surface area contributed by atoms with Crippen molar-refractivity contribution in [3.63, 3.8) is 0 Å². The topological polar surface area (TPSA) is 81.9 Å². The van der Waals surface area contributed by atoms with E-state index in [1.54, 1.807) is 11.7 Å². The molecule has 2 heterocycles. The average molecular weight is 432 g/mol. The van der Waals surface area contributed by atoms with E-state index < -0.39 is 11.6 Å². The maximum absolute atomic E-state index is 12.8. The fraction of sp³-hybridized carbons (Fsp3) is 0.368. The van der Waals surface area contributed by atoms with Crippen LogP contribution in [0.15, 0.2) is 41.3 Å². The zero-order valence-electron chi connectivity index (χ0n) is 15.7. The quantitative estimate of drug-likeness (QED) is 0.622. The summed E-state index contributed by atoms with van der Waals surface area (Å²) in [4.78, 5) is 21.4. The van der Waals surface area contributed by atoms with Gasteiger partial charge >= 0.3 is 5.97 Å². The van der Waals surface area contributed by atoms with Crippen LogP contribution in [-0.4, -0.2) is 37.4 Å². The number of aromatic nitrogens is 4. The second-order valence-electron chi connectivity index (χ2n) is 7.26. The van der Waals surface area contributed by atoms with Gasteiger partial charge in [0.25, 0.3) is 0 Å². The number of hydrogen-bond acceptors (Lipinski definition) is 6. The maximum atomic E-state index is 12.8. The van der Waals surface area contributed by atoms with Crippen LogP contribution in [0.5, 0.6) is 0 Å². The normalized spacial score (nSPS) is 12.8. The Balaban J connectivity index is 1.95. The van der Waals surface area contributed by atoms with Crippen LogP contribution in [-0.2, 0) is 23.0 Å². The fourth-order valence-electron chi connectivity index (χ4n) is 2.73. The van der Waals surface area contributed by atoms with Gasteiger partial charge in [-0.15, -0.1) is 0 Å². The molecule has 0 bridgehead atoms. The maximum Gasteiger partial charge on any atom is 0.329 e. The van der Waals surface area contributed by atoms with Gasteiger partial charge in [0, 0.05) is 13.5 Å². The van der Waals surface area contributed by atoms with E-state index in [0.29, 0.717) is 22.5 Å².